The number of aromatic nitrogens is 1. The Hall–Kier alpha value is -4.65. The lowest BCUT2D eigenvalue weighted by atomic mass is 9.86. The van der Waals surface area contributed by atoms with Gasteiger partial charge in [-0.3, -0.25) is 0 Å². The summed E-state index contributed by atoms with van der Waals surface area (Å²) in [5, 5.41) is 4.77. The predicted octanol–water partition coefficient (Wildman–Crippen LogP) is 9.39. The van der Waals surface area contributed by atoms with Gasteiger partial charge in [0.1, 0.15) is 0 Å². The van der Waals surface area contributed by atoms with Crippen LogP contribution in [0.5, 0.6) is 0 Å². The van der Waals surface area contributed by atoms with E-state index in [0.29, 0.717) is 0 Å². The van der Waals surface area contributed by atoms with Gasteiger partial charge in [0.15, 0.2) is 7.14 Å². The second kappa shape index (κ2) is 10.6. The van der Waals surface area contributed by atoms with Gasteiger partial charge in [0.2, 0.25) is 0 Å². The molecule has 0 atom stereocenters. The summed E-state index contributed by atoms with van der Waals surface area (Å²) in [6.07, 6.45) is 0. The van der Waals surface area contributed by atoms with Crippen molar-refractivity contribution < 1.29 is 4.57 Å². The monoisotopic (exact) mass is 575 g/mol. The van der Waals surface area contributed by atoms with E-state index in [4.69, 9.17) is 0 Å². The average Bonchev–Trinajstić information content (AvgIpc) is 3.39. The lowest BCUT2D eigenvalue weighted by molar-refractivity contribution is 0.590. The third-order valence-electron chi connectivity index (χ3n) is 8.47. The van der Waals surface area contributed by atoms with Crippen molar-refractivity contribution in [2.75, 3.05) is 0 Å². The summed E-state index contributed by atoms with van der Waals surface area (Å²) < 4.78 is 17.4. The first-order valence-electron chi connectivity index (χ1n) is 14.8. The first-order valence-corrected chi connectivity index (χ1v) is 16.5. The Labute approximate surface area is 253 Å². The molecule has 2 nitrogen and oxygen atoms in total. The number of fused-ring (bicyclic) bond motifs is 3. The highest BCUT2D eigenvalue weighted by molar-refractivity contribution is 7.85. The summed E-state index contributed by atoms with van der Waals surface area (Å²) in [6.45, 7) is 6.73. The zero-order valence-corrected chi connectivity index (χ0v) is 25.6. The summed E-state index contributed by atoms with van der Waals surface area (Å²) in [6, 6.07) is 52.3. The largest absolute Gasteiger partial charge is 0.309 e. The SMILES string of the molecule is CC(C)(C)c1ccc(-c2ccc(-n3c4ccccc4c4cc(P(=O)(c5ccccc5)c5ccccc5)ccc43)cc2)cc1. The molecule has 0 spiro atoms. The van der Waals surface area contributed by atoms with Gasteiger partial charge >= 0.3 is 0 Å². The van der Waals surface area contributed by atoms with Crippen molar-refractivity contribution in [2.45, 2.75) is 26.2 Å². The van der Waals surface area contributed by atoms with Crippen molar-refractivity contribution in [1.82, 2.24) is 4.57 Å². The van der Waals surface area contributed by atoms with E-state index in [9.17, 15) is 0 Å². The third-order valence-corrected chi connectivity index (χ3v) is 11.5. The highest BCUT2D eigenvalue weighted by Crippen LogP contribution is 2.44. The summed E-state index contributed by atoms with van der Waals surface area (Å²) in [5.41, 5.74) is 7.20. The molecule has 0 bridgehead atoms. The van der Waals surface area contributed by atoms with E-state index in [0.717, 1.165) is 43.4 Å². The van der Waals surface area contributed by atoms with Gasteiger partial charge in [-0.05, 0) is 58.5 Å². The van der Waals surface area contributed by atoms with Crippen LogP contribution < -0.4 is 15.9 Å². The molecule has 7 aromatic rings. The number of nitrogens with zero attached hydrogens (tertiary/aromatic N) is 1. The van der Waals surface area contributed by atoms with Crippen LogP contribution in [0.3, 0.4) is 0 Å². The minimum Gasteiger partial charge on any atom is -0.309 e. The first-order chi connectivity index (χ1) is 20.8. The Morgan fingerprint density at radius 3 is 1.58 bits per heavy atom. The standard InChI is InChI=1S/C40H34NOP/c1-40(2,3)31-22-18-29(19-23-31)30-20-24-32(25-21-30)41-38-17-11-10-16-36(38)37-28-35(26-27-39(37)41)43(42,33-12-6-4-7-13-33)34-14-8-5-9-15-34/h4-28H,1-3H3. The van der Waals surface area contributed by atoms with Gasteiger partial charge in [-0.25, -0.2) is 0 Å². The molecular formula is C40H34NOP. The van der Waals surface area contributed by atoms with E-state index in [-0.39, 0.29) is 5.41 Å². The van der Waals surface area contributed by atoms with Gasteiger partial charge in [-0.15, -0.1) is 0 Å². The minimum atomic E-state index is -3.09. The Balaban J connectivity index is 1.36. The van der Waals surface area contributed by atoms with Crippen LogP contribution in [-0.2, 0) is 9.98 Å². The molecular weight excluding hydrogens is 541 g/mol. The zero-order chi connectivity index (χ0) is 29.6. The second-order valence-electron chi connectivity index (χ2n) is 12.2. The second-order valence-corrected chi connectivity index (χ2v) is 15.0. The van der Waals surface area contributed by atoms with Crippen molar-refractivity contribution in [2.24, 2.45) is 0 Å². The van der Waals surface area contributed by atoms with Gasteiger partial charge in [0.25, 0.3) is 0 Å². The Morgan fingerprint density at radius 2 is 1.00 bits per heavy atom. The molecule has 0 fully saturated rings. The summed E-state index contributed by atoms with van der Waals surface area (Å²) in [4.78, 5) is 0. The van der Waals surface area contributed by atoms with Crippen LogP contribution >= 0.6 is 7.14 Å². The molecule has 0 aliphatic carbocycles. The van der Waals surface area contributed by atoms with E-state index < -0.39 is 7.14 Å². The van der Waals surface area contributed by atoms with Crippen LogP contribution in [0.4, 0.5) is 0 Å². The zero-order valence-electron chi connectivity index (χ0n) is 24.7. The van der Waals surface area contributed by atoms with Gasteiger partial charge in [0.05, 0.1) is 11.0 Å². The van der Waals surface area contributed by atoms with E-state index in [1.807, 2.05) is 60.7 Å². The molecule has 7 rings (SSSR count). The number of hydrogen-bond acceptors (Lipinski definition) is 1. The topological polar surface area (TPSA) is 22.0 Å². The Kier molecular flexibility index (Phi) is 6.68. The summed E-state index contributed by atoms with van der Waals surface area (Å²) in [5.74, 6) is 0. The molecule has 43 heavy (non-hydrogen) atoms. The highest BCUT2D eigenvalue weighted by atomic mass is 31.2. The smallest absolute Gasteiger partial charge is 0.171 e. The maximum absolute atomic E-state index is 15.1. The van der Waals surface area contributed by atoms with Crippen LogP contribution in [0.2, 0.25) is 0 Å². The van der Waals surface area contributed by atoms with Crippen molar-refractivity contribution in [1.29, 1.82) is 0 Å². The van der Waals surface area contributed by atoms with Crippen LogP contribution in [0.15, 0.2) is 152 Å². The predicted molar refractivity (Wildman–Crippen MR) is 184 cm³/mol. The highest BCUT2D eigenvalue weighted by Gasteiger charge is 2.30. The maximum Gasteiger partial charge on any atom is 0.171 e. The molecule has 0 aliphatic rings. The molecule has 1 aromatic heterocycles. The van der Waals surface area contributed by atoms with E-state index in [1.165, 1.54) is 16.7 Å². The fourth-order valence-corrected chi connectivity index (χ4v) is 8.80. The molecule has 0 amide bonds. The maximum atomic E-state index is 15.1. The van der Waals surface area contributed by atoms with Crippen LogP contribution in [0.1, 0.15) is 26.3 Å². The van der Waals surface area contributed by atoms with E-state index >= 15 is 4.57 Å². The molecule has 0 N–H and O–H groups in total. The fourth-order valence-electron chi connectivity index (χ4n) is 6.12. The molecule has 0 radical (unpaired) electrons. The molecule has 3 heteroatoms. The number of hydrogen-bond donors (Lipinski definition) is 0. The van der Waals surface area contributed by atoms with Gasteiger partial charge in [0, 0.05) is 32.4 Å². The summed E-state index contributed by atoms with van der Waals surface area (Å²) >= 11 is 0. The molecule has 0 saturated heterocycles. The lowest BCUT2D eigenvalue weighted by Crippen LogP contribution is -2.24. The van der Waals surface area contributed by atoms with Crippen molar-refractivity contribution in [3.05, 3.63) is 157 Å². The number of benzene rings is 6. The minimum absolute atomic E-state index is 0.134. The normalized spacial score (nSPS) is 12.2. The van der Waals surface area contributed by atoms with Gasteiger partial charge in [-0.2, -0.15) is 0 Å². The molecule has 1 heterocycles. The van der Waals surface area contributed by atoms with Gasteiger partial charge < -0.3 is 9.13 Å². The van der Waals surface area contributed by atoms with Crippen LogP contribution in [-0.4, -0.2) is 4.57 Å². The Bertz CT molecular complexity index is 2060. The molecule has 210 valence electrons. The Morgan fingerprint density at radius 1 is 0.488 bits per heavy atom. The fraction of sp³-hybridized carbons (Fsp3) is 0.100. The van der Waals surface area contributed by atoms with Crippen LogP contribution in [0.25, 0.3) is 38.6 Å². The number of para-hydroxylation sites is 1. The molecule has 0 saturated carbocycles. The van der Waals surface area contributed by atoms with Crippen molar-refractivity contribution >= 4 is 44.9 Å². The summed E-state index contributed by atoms with van der Waals surface area (Å²) in [7, 11) is -3.09. The molecule has 0 unspecified atom stereocenters. The van der Waals surface area contributed by atoms with E-state index in [2.05, 4.69) is 116 Å². The number of rotatable bonds is 5. The van der Waals surface area contributed by atoms with Gasteiger partial charge in [-0.1, -0.05) is 136 Å². The quantitative estimate of drug-likeness (QED) is 0.187. The first kappa shape index (κ1) is 27.2. The average molecular weight is 576 g/mol. The molecule has 0 aliphatic heterocycles. The van der Waals surface area contributed by atoms with Crippen molar-refractivity contribution in [3.8, 4) is 16.8 Å². The van der Waals surface area contributed by atoms with Crippen LogP contribution in [0, 0.1) is 0 Å². The van der Waals surface area contributed by atoms with Crippen molar-refractivity contribution in [3.63, 3.8) is 0 Å². The van der Waals surface area contributed by atoms with E-state index in [1.54, 1.807) is 0 Å². The lowest BCUT2D eigenvalue weighted by Gasteiger charge is -2.20. The third kappa shape index (κ3) is 4.73. The molecule has 6 aromatic carbocycles.